The minimum Gasteiger partial charge on any atom is -0.463 e. The van der Waals surface area contributed by atoms with Crippen LogP contribution in [0.5, 0.6) is 0 Å². The summed E-state index contributed by atoms with van der Waals surface area (Å²) in [7, 11) is 0. The molecule has 0 spiro atoms. The van der Waals surface area contributed by atoms with Gasteiger partial charge in [-0.3, -0.25) is 5.43 Å². The highest BCUT2D eigenvalue weighted by Crippen LogP contribution is 2.14. The first-order chi connectivity index (χ1) is 20.9. The summed E-state index contributed by atoms with van der Waals surface area (Å²) in [4.78, 5) is 47.5. The Morgan fingerprint density at radius 2 is 1.14 bits per heavy atom. The van der Waals surface area contributed by atoms with Crippen molar-refractivity contribution in [2.24, 2.45) is 5.10 Å². The highest BCUT2D eigenvalue weighted by Gasteiger charge is 2.16. The number of hydrogen-bond acceptors (Lipinski definition) is 10. The van der Waals surface area contributed by atoms with Crippen LogP contribution in [0.3, 0.4) is 0 Å². The lowest BCUT2D eigenvalue weighted by molar-refractivity contribution is -0.138. The van der Waals surface area contributed by atoms with E-state index in [9.17, 15) is 19.2 Å². The molecule has 0 bridgehead atoms. The lowest BCUT2D eigenvalue weighted by Gasteiger charge is -2.10. The molecule has 2 aromatic rings. The summed E-state index contributed by atoms with van der Waals surface area (Å²) >= 11 is 0. The Bertz CT molecular complexity index is 1230. The molecule has 0 heterocycles. The Morgan fingerprint density at radius 1 is 0.628 bits per heavy atom. The maximum atomic E-state index is 12.9. The number of nitrogens with one attached hydrogen (secondary N) is 1. The van der Waals surface area contributed by atoms with E-state index in [0.717, 1.165) is 50.7 Å². The molecule has 0 radical (unpaired) electrons. The maximum absolute atomic E-state index is 12.9. The van der Waals surface area contributed by atoms with Gasteiger partial charge in [0.1, 0.15) is 0 Å². The van der Waals surface area contributed by atoms with E-state index in [1.807, 2.05) is 6.07 Å². The van der Waals surface area contributed by atoms with Gasteiger partial charge in [0.15, 0.2) is 5.71 Å². The van der Waals surface area contributed by atoms with E-state index in [-0.39, 0.29) is 18.9 Å². The first kappa shape index (κ1) is 34.5. The second kappa shape index (κ2) is 21.0. The Hall–Kier alpha value is -4.73. The summed E-state index contributed by atoms with van der Waals surface area (Å²) in [5.41, 5.74) is 4.39. The number of nitrogens with zero attached hydrogens (tertiary/aromatic N) is 1. The van der Waals surface area contributed by atoms with Gasteiger partial charge < -0.3 is 18.9 Å². The van der Waals surface area contributed by atoms with E-state index in [1.165, 1.54) is 0 Å². The lowest BCUT2D eigenvalue weighted by atomic mass is 10.1. The smallest absolute Gasteiger partial charge is 0.359 e. The molecule has 0 amide bonds. The lowest BCUT2D eigenvalue weighted by Crippen LogP contribution is -2.21. The average Bonchev–Trinajstić information content (AvgIpc) is 3.03. The summed E-state index contributed by atoms with van der Waals surface area (Å²) in [6.45, 7) is 7.87. The van der Waals surface area contributed by atoms with E-state index in [4.69, 9.17) is 18.9 Å². The number of ether oxygens (including phenoxy) is 4. The molecule has 230 valence electrons. The van der Waals surface area contributed by atoms with Gasteiger partial charge in [0.05, 0.1) is 37.7 Å². The van der Waals surface area contributed by atoms with Gasteiger partial charge in [-0.15, -0.1) is 0 Å². The molecule has 10 heteroatoms. The van der Waals surface area contributed by atoms with Crippen LogP contribution >= 0.6 is 0 Å². The molecule has 43 heavy (non-hydrogen) atoms. The Morgan fingerprint density at radius 3 is 1.70 bits per heavy atom. The van der Waals surface area contributed by atoms with Gasteiger partial charge in [0, 0.05) is 17.7 Å². The van der Waals surface area contributed by atoms with Gasteiger partial charge in [0.25, 0.3) is 0 Å². The number of carbonyl (C=O) groups is 4. The molecule has 0 aliphatic heterocycles. The molecule has 10 nitrogen and oxygen atoms in total. The van der Waals surface area contributed by atoms with Gasteiger partial charge in [-0.2, -0.15) is 5.10 Å². The highest BCUT2D eigenvalue weighted by atomic mass is 16.5. The van der Waals surface area contributed by atoms with Gasteiger partial charge in [-0.25, -0.2) is 19.2 Å². The highest BCUT2D eigenvalue weighted by molar-refractivity contribution is 6.43. The van der Waals surface area contributed by atoms with Gasteiger partial charge in [0.2, 0.25) is 0 Å². The fourth-order valence-electron chi connectivity index (χ4n) is 3.72. The van der Waals surface area contributed by atoms with Crippen molar-refractivity contribution in [3.63, 3.8) is 0 Å². The normalized spacial score (nSPS) is 10.7. The van der Waals surface area contributed by atoms with E-state index < -0.39 is 23.9 Å². The van der Waals surface area contributed by atoms with E-state index in [2.05, 4.69) is 23.7 Å². The van der Waals surface area contributed by atoms with Crippen LogP contribution in [-0.2, 0) is 33.3 Å². The van der Waals surface area contributed by atoms with Crippen LogP contribution in [-0.4, -0.2) is 56.0 Å². The zero-order chi connectivity index (χ0) is 31.1. The number of unbranched alkanes of at least 4 members (excludes halogenated alkanes) is 6. The predicted octanol–water partition coefficient (Wildman–Crippen LogP) is 5.78. The molecule has 2 rings (SSSR count). The zero-order valence-corrected chi connectivity index (χ0v) is 24.5. The van der Waals surface area contributed by atoms with E-state index in [1.54, 1.807) is 48.5 Å². The monoisotopic (exact) mass is 592 g/mol. The largest absolute Gasteiger partial charge is 0.463 e. The second-order valence-electron chi connectivity index (χ2n) is 9.36. The van der Waals surface area contributed by atoms with E-state index in [0.29, 0.717) is 42.9 Å². The maximum Gasteiger partial charge on any atom is 0.359 e. The minimum atomic E-state index is -0.576. The minimum absolute atomic E-state index is 0.101. The quantitative estimate of drug-likeness (QED) is 0.0479. The molecule has 0 aliphatic carbocycles. The zero-order valence-electron chi connectivity index (χ0n) is 24.5. The average molecular weight is 593 g/mol. The summed E-state index contributed by atoms with van der Waals surface area (Å²) in [5.74, 6) is -1.91. The van der Waals surface area contributed by atoms with Crippen molar-refractivity contribution < 1.29 is 38.1 Å². The molecule has 0 unspecified atom stereocenters. The molecular weight excluding hydrogens is 552 g/mol. The van der Waals surface area contributed by atoms with Crippen LogP contribution in [0.15, 0.2) is 85.0 Å². The molecular formula is C33H40N2O8. The predicted molar refractivity (Wildman–Crippen MR) is 164 cm³/mol. The van der Waals surface area contributed by atoms with Crippen LogP contribution < -0.4 is 5.43 Å². The topological polar surface area (TPSA) is 130 Å². The molecule has 0 aromatic heterocycles. The first-order valence-corrected chi connectivity index (χ1v) is 14.4. The number of benzene rings is 2. The fourth-order valence-corrected chi connectivity index (χ4v) is 3.72. The van der Waals surface area contributed by atoms with Gasteiger partial charge in [-0.1, -0.05) is 49.6 Å². The number of rotatable bonds is 21. The van der Waals surface area contributed by atoms with Crippen molar-refractivity contribution in [1.29, 1.82) is 0 Å². The van der Waals surface area contributed by atoms with Crippen molar-refractivity contribution in [1.82, 2.24) is 0 Å². The third kappa shape index (κ3) is 14.6. The van der Waals surface area contributed by atoms with Crippen LogP contribution in [0, 0.1) is 0 Å². The molecule has 0 saturated heterocycles. The Balaban J connectivity index is 1.83. The van der Waals surface area contributed by atoms with Crippen LogP contribution in [0.2, 0.25) is 0 Å². The summed E-state index contributed by atoms with van der Waals surface area (Å²) < 4.78 is 20.7. The number of hydrazone groups is 1. The van der Waals surface area contributed by atoms with Crippen molar-refractivity contribution in [3.8, 4) is 0 Å². The SMILES string of the molecule is C=CC(=O)OCCCCCCOC(=O)/C(=N\Nc1cccc(C(=O)OCCCCCCOC(=O)C=C)c1)c1ccccc1. The summed E-state index contributed by atoms with van der Waals surface area (Å²) in [5, 5.41) is 4.30. The van der Waals surface area contributed by atoms with Crippen molar-refractivity contribution in [2.75, 3.05) is 31.9 Å². The molecule has 0 aliphatic rings. The Kier molecular flexibility index (Phi) is 16.9. The number of anilines is 1. The number of carbonyl (C=O) groups excluding carboxylic acids is 4. The standard InChI is InChI=1S/C33H40N2O8/c1-3-29(36)40-21-12-5-7-14-23-42-32(38)27-19-16-20-28(25-27)34-35-31(26-17-10-9-11-18-26)33(39)43-24-15-8-6-13-22-41-30(37)4-2/h3-4,9-11,16-20,25,34H,1-2,5-8,12-15,21-24H2/b35-31-. The van der Waals surface area contributed by atoms with E-state index >= 15 is 0 Å². The molecule has 0 fully saturated rings. The van der Waals surface area contributed by atoms with Crippen molar-refractivity contribution in [2.45, 2.75) is 51.4 Å². The number of hydrogen-bond donors (Lipinski definition) is 1. The van der Waals surface area contributed by atoms with Crippen molar-refractivity contribution in [3.05, 3.63) is 91.0 Å². The van der Waals surface area contributed by atoms with Crippen LogP contribution in [0.25, 0.3) is 0 Å². The van der Waals surface area contributed by atoms with Crippen molar-refractivity contribution >= 4 is 35.3 Å². The second-order valence-corrected chi connectivity index (χ2v) is 9.36. The Labute approximate surface area is 252 Å². The van der Waals surface area contributed by atoms with Crippen LogP contribution in [0.1, 0.15) is 67.3 Å². The van der Waals surface area contributed by atoms with Gasteiger partial charge >= 0.3 is 23.9 Å². The summed E-state index contributed by atoms with van der Waals surface area (Å²) in [6.07, 6.45) is 8.39. The summed E-state index contributed by atoms with van der Waals surface area (Å²) in [6, 6.07) is 15.6. The number of esters is 4. The fraction of sp³-hybridized carbons (Fsp3) is 0.364. The van der Waals surface area contributed by atoms with Crippen LogP contribution in [0.4, 0.5) is 5.69 Å². The first-order valence-electron chi connectivity index (χ1n) is 14.4. The molecule has 1 N–H and O–H groups in total. The molecule has 2 aromatic carbocycles. The third-order valence-electron chi connectivity index (χ3n) is 6.00. The van der Waals surface area contributed by atoms with Gasteiger partial charge in [-0.05, 0) is 69.6 Å². The molecule has 0 saturated carbocycles. The third-order valence-corrected chi connectivity index (χ3v) is 6.00. The molecule has 0 atom stereocenters.